The van der Waals surface area contributed by atoms with Crippen LogP contribution in [-0.2, 0) is 17.6 Å². The van der Waals surface area contributed by atoms with Crippen molar-refractivity contribution < 1.29 is 4.79 Å². The Bertz CT molecular complexity index is 1120. The van der Waals surface area contributed by atoms with Crippen LogP contribution in [0.1, 0.15) is 37.6 Å². The molecule has 4 rings (SSSR count). The largest absolute Gasteiger partial charge is 0.298 e. The standard InChI is InChI=1S/C21H21ClN2O2S2/c1-21(2,3)16(25)11-27-20-23-18-17(14-5-4-6-15(14)28-18)19(26)24(20)13-9-7-12(22)8-10-13/h7-10H,4-6,11H2,1-3H3. The van der Waals surface area contributed by atoms with Gasteiger partial charge in [0.2, 0.25) is 0 Å². The summed E-state index contributed by atoms with van der Waals surface area (Å²) in [5, 5.41) is 1.90. The molecule has 0 spiro atoms. The Morgan fingerprint density at radius 3 is 2.64 bits per heavy atom. The van der Waals surface area contributed by atoms with E-state index in [2.05, 4.69) is 0 Å². The van der Waals surface area contributed by atoms with E-state index in [9.17, 15) is 9.59 Å². The highest BCUT2D eigenvalue weighted by atomic mass is 35.5. The van der Waals surface area contributed by atoms with E-state index in [0.29, 0.717) is 15.9 Å². The molecule has 0 saturated heterocycles. The SMILES string of the molecule is CC(C)(C)C(=O)CSc1nc2sc3c(c2c(=O)n1-c1ccc(Cl)cc1)CCC3. The van der Waals surface area contributed by atoms with Crippen molar-refractivity contribution >= 4 is 50.7 Å². The number of thioether (sulfide) groups is 1. The Morgan fingerprint density at radius 1 is 1.25 bits per heavy atom. The molecule has 2 aromatic heterocycles. The third kappa shape index (κ3) is 3.53. The maximum atomic E-state index is 13.5. The van der Waals surface area contributed by atoms with E-state index in [-0.39, 0.29) is 17.1 Å². The maximum absolute atomic E-state index is 13.5. The van der Waals surface area contributed by atoms with Crippen LogP contribution < -0.4 is 5.56 Å². The first-order valence-corrected chi connectivity index (χ1v) is 11.4. The Morgan fingerprint density at radius 2 is 1.96 bits per heavy atom. The summed E-state index contributed by atoms with van der Waals surface area (Å²) in [6.07, 6.45) is 3.04. The number of hydrogen-bond donors (Lipinski definition) is 0. The summed E-state index contributed by atoms with van der Waals surface area (Å²) < 4.78 is 1.63. The van der Waals surface area contributed by atoms with Gasteiger partial charge in [0.15, 0.2) is 5.16 Å². The molecule has 0 unspecified atom stereocenters. The van der Waals surface area contributed by atoms with Gasteiger partial charge in [-0.1, -0.05) is 44.1 Å². The summed E-state index contributed by atoms with van der Waals surface area (Å²) in [6.45, 7) is 5.72. The number of benzene rings is 1. The molecule has 0 saturated carbocycles. The molecule has 4 nitrogen and oxygen atoms in total. The van der Waals surface area contributed by atoms with Crippen LogP contribution in [0.4, 0.5) is 0 Å². The quantitative estimate of drug-likeness (QED) is 0.414. The number of rotatable bonds is 4. The van der Waals surface area contributed by atoms with E-state index in [1.54, 1.807) is 28.0 Å². The van der Waals surface area contributed by atoms with Gasteiger partial charge in [-0.15, -0.1) is 11.3 Å². The van der Waals surface area contributed by atoms with Crippen molar-refractivity contribution in [2.24, 2.45) is 5.41 Å². The average Bonchev–Trinajstić information content (AvgIpc) is 3.20. The van der Waals surface area contributed by atoms with Crippen LogP contribution >= 0.6 is 34.7 Å². The molecule has 0 atom stereocenters. The zero-order valence-electron chi connectivity index (χ0n) is 16.0. The van der Waals surface area contributed by atoms with Crippen molar-refractivity contribution in [1.29, 1.82) is 0 Å². The molecule has 1 aromatic carbocycles. The summed E-state index contributed by atoms with van der Waals surface area (Å²) in [7, 11) is 0. The number of aromatic nitrogens is 2. The number of nitrogens with zero attached hydrogens (tertiary/aromatic N) is 2. The van der Waals surface area contributed by atoms with Gasteiger partial charge in [0.1, 0.15) is 10.6 Å². The predicted molar refractivity (Wildman–Crippen MR) is 117 cm³/mol. The minimum Gasteiger partial charge on any atom is -0.298 e. The molecule has 0 radical (unpaired) electrons. The molecular weight excluding hydrogens is 412 g/mol. The van der Waals surface area contributed by atoms with E-state index >= 15 is 0 Å². The predicted octanol–water partition coefficient (Wildman–Crippen LogP) is 5.30. The zero-order valence-corrected chi connectivity index (χ0v) is 18.4. The van der Waals surface area contributed by atoms with Crippen LogP contribution in [0.3, 0.4) is 0 Å². The molecule has 3 aromatic rings. The number of Topliss-reactive ketones (excluding diaryl/α,β-unsaturated/α-hetero) is 1. The number of thiophene rings is 1. The van der Waals surface area contributed by atoms with Gasteiger partial charge in [0, 0.05) is 15.3 Å². The van der Waals surface area contributed by atoms with Gasteiger partial charge in [-0.2, -0.15) is 0 Å². The maximum Gasteiger partial charge on any atom is 0.267 e. The minimum absolute atomic E-state index is 0.0579. The van der Waals surface area contributed by atoms with Gasteiger partial charge in [-0.05, 0) is 49.1 Å². The van der Waals surface area contributed by atoms with Crippen molar-refractivity contribution in [2.45, 2.75) is 45.2 Å². The molecule has 1 aliphatic carbocycles. The summed E-state index contributed by atoms with van der Waals surface area (Å²) in [5.74, 6) is 0.406. The van der Waals surface area contributed by atoms with Gasteiger partial charge in [0.25, 0.3) is 5.56 Å². The molecule has 0 N–H and O–H groups in total. The molecule has 0 fully saturated rings. The number of carbonyl (C=O) groups is 1. The zero-order chi connectivity index (χ0) is 20.1. The van der Waals surface area contributed by atoms with Crippen LogP contribution in [0.2, 0.25) is 5.02 Å². The van der Waals surface area contributed by atoms with Gasteiger partial charge in [-0.25, -0.2) is 4.98 Å². The highest BCUT2D eigenvalue weighted by Crippen LogP contribution is 2.36. The number of aryl methyl sites for hydroxylation is 2. The van der Waals surface area contributed by atoms with Gasteiger partial charge in [-0.3, -0.25) is 14.2 Å². The van der Waals surface area contributed by atoms with Crippen LogP contribution in [-0.4, -0.2) is 21.1 Å². The average molecular weight is 433 g/mol. The van der Waals surface area contributed by atoms with Crippen LogP contribution in [0.25, 0.3) is 15.9 Å². The molecule has 2 heterocycles. The second-order valence-corrected chi connectivity index (χ2v) is 10.5. The summed E-state index contributed by atoms with van der Waals surface area (Å²) in [5.41, 5.74) is 1.39. The second kappa shape index (κ2) is 7.32. The molecule has 0 bridgehead atoms. The molecule has 1 aliphatic rings. The lowest BCUT2D eigenvalue weighted by Gasteiger charge is -2.17. The molecule has 0 aliphatic heterocycles. The van der Waals surface area contributed by atoms with E-state index in [1.807, 2.05) is 32.9 Å². The fraction of sp³-hybridized carbons (Fsp3) is 0.381. The van der Waals surface area contributed by atoms with Crippen LogP contribution in [0, 0.1) is 5.41 Å². The topological polar surface area (TPSA) is 52.0 Å². The number of ketones is 1. The fourth-order valence-corrected chi connectivity index (χ4v) is 5.89. The number of hydrogen-bond acceptors (Lipinski definition) is 5. The van der Waals surface area contributed by atoms with Crippen LogP contribution in [0.5, 0.6) is 0 Å². The van der Waals surface area contributed by atoms with Crippen molar-refractivity contribution in [2.75, 3.05) is 5.75 Å². The smallest absolute Gasteiger partial charge is 0.267 e. The first kappa shape index (κ1) is 19.7. The van der Waals surface area contributed by atoms with Crippen molar-refractivity contribution in [3.8, 4) is 5.69 Å². The summed E-state index contributed by atoms with van der Waals surface area (Å²) in [4.78, 5) is 32.8. The Balaban J connectivity index is 1.87. The lowest BCUT2D eigenvalue weighted by Crippen LogP contribution is -2.24. The van der Waals surface area contributed by atoms with Gasteiger partial charge in [0.05, 0.1) is 16.8 Å². The highest BCUT2D eigenvalue weighted by Gasteiger charge is 2.26. The van der Waals surface area contributed by atoms with Gasteiger partial charge >= 0.3 is 0 Å². The molecule has 146 valence electrons. The van der Waals surface area contributed by atoms with Crippen molar-refractivity contribution in [3.05, 3.63) is 50.1 Å². The van der Waals surface area contributed by atoms with E-state index in [4.69, 9.17) is 16.6 Å². The van der Waals surface area contributed by atoms with E-state index in [1.165, 1.54) is 16.6 Å². The lowest BCUT2D eigenvalue weighted by atomic mass is 9.92. The second-order valence-electron chi connectivity index (χ2n) is 8.01. The third-order valence-corrected chi connectivity index (χ3v) is 7.34. The normalized spacial score (nSPS) is 13.9. The number of fused-ring (bicyclic) bond motifs is 3. The van der Waals surface area contributed by atoms with Crippen LogP contribution in [0.15, 0.2) is 34.2 Å². The van der Waals surface area contributed by atoms with E-state index in [0.717, 1.165) is 35.0 Å². The highest BCUT2D eigenvalue weighted by molar-refractivity contribution is 7.99. The number of halogens is 1. The van der Waals surface area contributed by atoms with E-state index < -0.39 is 5.41 Å². The molecular formula is C21H21ClN2O2S2. The third-order valence-electron chi connectivity index (χ3n) is 4.96. The van der Waals surface area contributed by atoms with Crippen molar-refractivity contribution in [3.63, 3.8) is 0 Å². The Labute approximate surface area is 176 Å². The summed E-state index contributed by atoms with van der Waals surface area (Å²) >= 11 is 8.98. The van der Waals surface area contributed by atoms with Gasteiger partial charge < -0.3 is 0 Å². The first-order valence-electron chi connectivity index (χ1n) is 9.25. The lowest BCUT2D eigenvalue weighted by molar-refractivity contribution is -0.123. The Kier molecular flexibility index (Phi) is 5.14. The molecule has 28 heavy (non-hydrogen) atoms. The number of carbonyl (C=O) groups excluding carboxylic acids is 1. The van der Waals surface area contributed by atoms with Crippen molar-refractivity contribution in [1.82, 2.24) is 9.55 Å². The fourth-order valence-electron chi connectivity index (χ4n) is 3.29. The Hall–Kier alpha value is -1.63. The first-order chi connectivity index (χ1) is 13.3. The minimum atomic E-state index is -0.424. The monoisotopic (exact) mass is 432 g/mol. The molecule has 0 amide bonds. The summed E-state index contributed by atoms with van der Waals surface area (Å²) in [6, 6.07) is 7.17. The molecule has 7 heteroatoms.